The van der Waals surface area contributed by atoms with Crippen LogP contribution in [0.25, 0.3) is 6.08 Å². The molecule has 2 heteroatoms. The molecule has 84 valence electrons. The van der Waals surface area contributed by atoms with Gasteiger partial charge in [0.1, 0.15) is 0 Å². The van der Waals surface area contributed by atoms with Crippen LogP contribution in [0, 0.1) is 0 Å². The van der Waals surface area contributed by atoms with E-state index < -0.39 is 0 Å². The Hall–Kier alpha value is -2.35. The van der Waals surface area contributed by atoms with Crippen LogP contribution in [0.15, 0.2) is 60.7 Å². The van der Waals surface area contributed by atoms with E-state index in [9.17, 15) is 4.79 Å². The molecule has 0 saturated heterocycles. The van der Waals surface area contributed by atoms with Crippen LogP contribution in [-0.2, 0) is 0 Å². The van der Waals surface area contributed by atoms with Gasteiger partial charge in [0.2, 0.25) is 0 Å². The highest BCUT2D eigenvalue weighted by Crippen LogP contribution is 2.12. The number of nitrogen functional groups attached to an aromatic ring is 1. The Morgan fingerprint density at radius 1 is 0.941 bits per heavy atom. The third-order valence-corrected chi connectivity index (χ3v) is 2.45. The smallest absolute Gasteiger partial charge is 0.187 e. The third kappa shape index (κ3) is 2.82. The van der Waals surface area contributed by atoms with Gasteiger partial charge in [-0.3, -0.25) is 4.79 Å². The van der Waals surface area contributed by atoms with Crippen LogP contribution in [0.2, 0.25) is 0 Å². The lowest BCUT2D eigenvalue weighted by atomic mass is 10.1. The average molecular weight is 223 g/mol. The number of nitrogens with two attached hydrogens (primary N) is 1. The van der Waals surface area contributed by atoms with Gasteiger partial charge in [0, 0.05) is 11.3 Å². The summed E-state index contributed by atoms with van der Waals surface area (Å²) in [5.41, 5.74) is 7.78. The van der Waals surface area contributed by atoms with Gasteiger partial charge < -0.3 is 5.73 Å². The van der Waals surface area contributed by atoms with Gasteiger partial charge in [0.05, 0.1) is 0 Å². The lowest BCUT2D eigenvalue weighted by molar-refractivity contribution is 0.104. The molecule has 0 atom stereocenters. The Labute approximate surface area is 100 Å². The summed E-state index contributed by atoms with van der Waals surface area (Å²) in [6, 6.07) is 16.8. The molecule has 0 aliphatic rings. The van der Waals surface area contributed by atoms with Crippen LogP contribution in [-0.4, -0.2) is 5.78 Å². The van der Waals surface area contributed by atoms with Crippen molar-refractivity contribution in [2.75, 3.05) is 5.73 Å². The van der Waals surface area contributed by atoms with Gasteiger partial charge in [-0.1, -0.05) is 48.5 Å². The zero-order valence-corrected chi connectivity index (χ0v) is 9.34. The number of rotatable bonds is 3. The van der Waals surface area contributed by atoms with Crippen molar-refractivity contribution in [3.05, 3.63) is 71.8 Å². The van der Waals surface area contributed by atoms with Crippen molar-refractivity contribution in [3.63, 3.8) is 0 Å². The molecule has 0 aliphatic heterocycles. The maximum absolute atomic E-state index is 11.9. The molecule has 0 bridgehead atoms. The molecule has 0 aromatic heterocycles. The fraction of sp³-hybridized carbons (Fsp3) is 0. The molecule has 2 N–H and O–H groups in total. The Bertz CT molecular complexity index is 544. The lowest BCUT2D eigenvalue weighted by Gasteiger charge is -2.00. The quantitative estimate of drug-likeness (QED) is 0.493. The molecule has 2 nitrogen and oxygen atoms in total. The Morgan fingerprint density at radius 3 is 2.29 bits per heavy atom. The fourth-order valence-electron chi connectivity index (χ4n) is 1.55. The van der Waals surface area contributed by atoms with Crippen molar-refractivity contribution in [2.24, 2.45) is 0 Å². The van der Waals surface area contributed by atoms with Gasteiger partial charge in [-0.2, -0.15) is 0 Å². The van der Waals surface area contributed by atoms with Crippen molar-refractivity contribution >= 4 is 17.5 Å². The Morgan fingerprint density at radius 2 is 1.59 bits per heavy atom. The summed E-state index contributed by atoms with van der Waals surface area (Å²) < 4.78 is 0. The molecule has 0 fully saturated rings. The predicted molar refractivity (Wildman–Crippen MR) is 70.7 cm³/mol. The van der Waals surface area contributed by atoms with E-state index >= 15 is 0 Å². The number of benzene rings is 2. The first-order chi connectivity index (χ1) is 8.27. The van der Waals surface area contributed by atoms with Gasteiger partial charge in [-0.05, 0) is 23.8 Å². The van der Waals surface area contributed by atoms with Crippen molar-refractivity contribution in [2.45, 2.75) is 0 Å². The van der Waals surface area contributed by atoms with Crippen LogP contribution in [0.5, 0.6) is 0 Å². The van der Waals surface area contributed by atoms with Gasteiger partial charge in [0.25, 0.3) is 0 Å². The summed E-state index contributed by atoms with van der Waals surface area (Å²) in [5.74, 6) is -0.0769. The van der Waals surface area contributed by atoms with Crippen molar-refractivity contribution in [1.29, 1.82) is 0 Å². The highest BCUT2D eigenvalue weighted by molar-refractivity contribution is 6.10. The second-order valence-corrected chi connectivity index (χ2v) is 3.70. The summed E-state index contributed by atoms with van der Waals surface area (Å²) in [6.07, 6.45) is 3.33. The Balaban J connectivity index is 2.18. The van der Waals surface area contributed by atoms with E-state index in [-0.39, 0.29) is 5.78 Å². The minimum atomic E-state index is -0.0769. The largest absolute Gasteiger partial charge is 0.398 e. The maximum Gasteiger partial charge on any atom is 0.187 e. The van der Waals surface area contributed by atoms with Gasteiger partial charge in [0.15, 0.2) is 5.78 Å². The van der Waals surface area contributed by atoms with E-state index in [1.807, 2.05) is 36.4 Å². The summed E-state index contributed by atoms with van der Waals surface area (Å²) in [4.78, 5) is 11.9. The summed E-state index contributed by atoms with van der Waals surface area (Å²) >= 11 is 0. The number of allylic oxidation sites excluding steroid dienone is 1. The molecular formula is C15H13NO. The van der Waals surface area contributed by atoms with Crippen LogP contribution in [0.4, 0.5) is 5.69 Å². The highest BCUT2D eigenvalue weighted by atomic mass is 16.1. The molecule has 0 radical (unpaired) electrons. The summed E-state index contributed by atoms with van der Waals surface area (Å²) in [6.45, 7) is 0. The van der Waals surface area contributed by atoms with Crippen molar-refractivity contribution in [3.8, 4) is 0 Å². The van der Waals surface area contributed by atoms with Gasteiger partial charge >= 0.3 is 0 Å². The maximum atomic E-state index is 11.9. The fourth-order valence-corrected chi connectivity index (χ4v) is 1.55. The average Bonchev–Trinajstić information content (AvgIpc) is 2.38. The van der Waals surface area contributed by atoms with E-state index in [4.69, 9.17) is 5.73 Å². The number of ketones is 1. The third-order valence-electron chi connectivity index (χ3n) is 2.45. The molecule has 0 spiro atoms. The van der Waals surface area contributed by atoms with Crippen LogP contribution >= 0.6 is 0 Å². The zero-order chi connectivity index (χ0) is 12.1. The normalized spacial score (nSPS) is 10.6. The number of hydrogen-bond donors (Lipinski definition) is 1. The molecular weight excluding hydrogens is 210 g/mol. The lowest BCUT2D eigenvalue weighted by Crippen LogP contribution is -1.99. The Kier molecular flexibility index (Phi) is 3.36. The van der Waals surface area contributed by atoms with Crippen LogP contribution < -0.4 is 5.73 Å². The second kappa shape index (κ2) is 5.12. The standard InChI is InChI=1S/C15H13NO/c16-14-9-5-4-8-13(14)15(17)11-10-12-6-2-1-3-7-12/h1-11H,16H2/b11-10+. The topological polar surface area (TPSA) is 43.1 Å². The monoisotopic (exact) mass is 223 g/mol. The first-order valence-electron chi connectivity index (χ1n) is 5.39. The van der Waals surface area contributed by atoms with Gasteiger partial charge in [-0.15, -0.1) is 0 Å². The molecule has 0 unspecified atom stereocenters. The SMILES string of the molecule is Nc1ccccc1C(=O)/C=C/c1ccccc1. The zero-order valence-electron chi connectivity index (χ0n) is 9.34. The van der Waals surface area contributed by atoms with E-state index in [1.54, 1.807) is 30.4 Å². The molecule has 2 aromatic carbocycles. The van der Waals surface area contributed by atoms with E-state index in [0.29, 0.717) is 11.3 Å². The number of para-hydroxylation sites is 1. The molecule has 17 heavy (non-hydrogen) atoms. The molecule has 2 rings (SSSR count). The number of carbonyl (C=O) groups excluding carboxylic acids is 1. The summed E-state index contributed by atoms with van der Waals surface area (Å²) in [5, 5.41) is 0. The number of hydrogen-bond acceptors (Lipinski definition) is 2. The number of carbonyl (C=O) groups is 1. The van der Waals surface area contributed by atoms with Gasteiger partial charge in [-0.25, -0.2) is 0 Å². The molecule has 0 saturated carbocycles. The highest BCUT2D eigenvalue weighted by Gasteiger charge is 2.04. The second-order valence-electron chi connectivity index (χ2n) is 3.70. The van der Waals surface area contributed by atoms with E-state index in [0.717, 1.165) is 5.56 Å². The molecule has 0 aliphatic carbocycles. The van der Waals surface area contributed by atoms with Crippen molar-refractivity contribution in [1.82, 2.24) is 0 Å². The minimum absolute atomic E-state index is 0.0769. The van der Waals surface area contributed by atoms with Crippen LogP contribution in [0.1, 0.15) is 15.9 Å². The van der Waals surface area contributed by atoms with E-state index in [1.165, 1.54) is 0 Å². The first kappa shape index (κ1) is 11.1. The summed E-state index contributed by atoms with van der Waals surface area (Å²) in [7, 11) is 0. The van der Waals surface area contributed by atoms with E-state index in [2.05, 4.69) is 0 Å². The predicted octanol–water partition coefficient (Wildman–Crippen LogP) is 3.16. The van der Waals surface area contributed by atoms with Crippen molar-refractivity contribution < 1.29 is 4.79 Å². The van der Waals surface area contributed by atoms with Crippen LogP contribution in [0.3, 0.4) is 0 Å². The first-order valence-corrected chi connectivity index (χ1v) is 5.39. The number of anilines is 1. The minimum Gasteiger partial charge on any atom is -0.398 e. The molecule has 0 amide bonds. The molecule has 0 heterocycles. The molecule has 2 aromatic rings.